The molecule has 11 heteroatoms. The lowest BCUT2D eigenvalue weighted by Crippen LogP contribution is -2.48. The van der Waals surface area contributed by atoms with Crippen molar-refractivity contribution in [2.75, 3.05) is 45.5 Å². The van der Waals surface area contributed by atoms with Gasteiger partial charge in [0.1, 0.15) is 5.58 Å². The Bertz CT molecular complexity index is 1930. The van der Waals surface area contributed by atoms with Crippen LogP contribution in [0.15, 0.2) is 76.0 Å². The Hall–Kier alpha value is -4.50. The monoisotopic (exact) mass is 653 g/mol. The average molecular weight is 654 g/mol. The molecule has 2 fully saturated rings. The number of hydrogen-bond donors (Lipinski definition) is 1. The van der Waals surface area contributed by atoms with Crippen LogP contribution in [0, 0.1) is 18.3 Å². The number of piperidine rings is 1. The quantitative estimate of drug-likeness (QED) is 0.297. The summed E-state index contributed by atoms with van der Waals surface area (Å²) in [5.41, 5.74) is 4.73. The highest BCUT2D eigenvalue weighted by Crippen LogP contribution is 2.24. The van der Waals surface area contributed by atoms with E-state index in [4.69, 9.17) is 9.68 Å². The zero-order valence-corrected chi connectivity index (χ0v) is 27.6. The number of hydrogen-bond acceptors (Lipinski definition) is 8. The molecule has 6 rings (SSSR count). The minimum Gasteiger partial charge on any atom is -0.451 e. The third-order valence-electron chi connectivity index (χ3n) is 9.10. The Kier molecular flexibility index (Phi) is 9.45. The summed E-state index contributed by atoms with van der Waals surface area (Å²) in [7, 11) is -3.25. The molecule has 10 nitrogen and oxygen atoms in total. The van der Waals surface area contributed by atoms with Gasteiger partial charge < -0.3 is 14.6 Å². The summed E-state index contributed by atoms with van der Waals surface area (Å²) in [5.74, 6) is -0.0743. The zero-order valence-electron chi connectivity index (χ0n) is 26.7. The maximum absolute atomic E-state index is 13.4. The molecule has 0 radical (unpaired) electrons. The molecule has 0 bridgehead atoms. The molecule has 0 atom stereocenters. The minimum absolute atomic E-state index is 0.0552. The maximum Gasteiger partial charge on any atom is 0.287 e. The highest BCUT2D eigenvalue weighted by Gasteiger charge is 2.25. The van der Waals surface area contributed by atoms with Crippen molar-refractivity contribution in [2.45, 2.75) is 43.8 Å². The molecule has 2 saturated heterocycles. The van der Waals surface area contributed by atoms with Crippen molar-refractivity contribution in [2.24, 2.45) is 0 Å². The van der Waals surface area contributed by atoms with E-state index in [1.807, 2.05) is 48.2 Å². The van der Waals surface area contributed by atoms with Crippen molar-refractivity contribution in [3.8, 4) is 6.07 Å². The molecule has 47 heavy (non-hydrogen) atoms. The number of sulfone groups is 1. The Balaban J connectivity index is 0.994. The van der Waals surface area contributed by atoms with Gasteiger partial charge in [-0.2, -0.15) is 5.26 Å². The molecule has 4 aromatic rings. The molecule has 3 aromatic carbocycles. The fraction of sp³-hybridized carbons (Fsp3) is 0.361. The first-order valence-corrected chi connectivity index (χ1v) is 17.8. The van der Waals surface area contributed by atoms with Gasteiger partial charge in [0.05, 0.1) is 16.5 Å². The highest BCUT2D eigenvalue weighted by molar-refractivity contribution is 7.90. The van der Waals surface area contributed by atoms with E-state index in [1.165, 1.54) is 11.8 Å². The van der Waals surface area contributed by atoms with Crippen molar-refractivity contribution in [3.05, 3.63) is 100 Å². The van der Waals surface area contributed by atoms with Gasteiger partial charge in [-0.3, -0.25) is 19.4 Å². The fourth-order valence-electron chi connectivity index (χ4n) is 6.50. The van der Waals surface area contributed by atoms with Gasteiger partial charge in [0.15, 0.2) is 15.6 Å². The molecule has 2 aliphatic rings. The molecule has 2 amide bonds. The van der Waals surface area contributed by atoms with Crippen LogP contribution in [0.1, 0.15) is 56.0 Å². The smallest absolute Gasteiger partial charge is 0.287 e. The van der Waals surface area contributed by atoms with Gasteiger partial charge in [0.2, 0.25) is 0 Å². The first-order valence-electron chi connectivity index (χ1n) is 15.9. The fourth-order valence-corrected chi connectivity index (χ4v) is 7.46. The lowest BCUT2D eigenvalue weighted by molar-refractivity contribution is 0.0628. The lowest BCUT2D eigenvalue weighted by Gasteiger charge is -2.35. The summed E-state index contributed by atoms with van der Waals surface area (Å²) in [6.07, 6.45) is 2.89. The van der Waals surface area contributed by atoms with Crippen LogP contribution >= 0.6 is 0 Å². The van der Waals surface area contributed by atoms with Gasteiger partial charge in [-0.05, 0) is 78.9 Å². The van der Waals surface area contributed by atoms with Gasteiger partial charge >= 0.3 is 0 Å². The number of benzene rings is 3. The number of fused-ring (bicyclic) bond motifs is 1. The number of nitrogens with zero attached hydrogens (tertiary/aromatic N) is 4. The molecule has 0 unspecified atom stereocenters. The van der Waals surface area contributed by atoms with Crippen LogP contribution in [0.4, 0.5) is 0 Å². The molecule has 0 saturated carbocycles. The highest BCUT2D eigenvalue weighted by atomic mass is 32.2. The molecule has 3 heterocycles. The number of furan rings is 1. The van der Waals surface area contributed by atoms with Gasteiger partial charge in [-0.25, -0.2) is 8.42 Å². The Morgan fingerprint density at radius 1 is 0.872 bits per heavy atom. The van der Waals surface area contributed by atoms with Crippen LogP contribution in [0.25, 0.3) is 11.0 Å². The van der Waals surface area contributed by atoms with Crippen LogP contribution in [-0.4, -0.2) is 86.5 Å². The number of amides is 2. The number of carbonyl (C=O) groups excluding carboxylic acids is 2. The molecule has 2 aliphatic heterocycles. The van der Waals surface area contributed by atoms with Gasteiger partial charge in [0, 0.05) is 75.6 Å². The van der Waals surface area contributed by atoms with Crippen molar-refractivity contribution in [1.82, 2.24) is 20.0 Å². The first kappa shape index (κ1) is 32.4. The van der Waals surface area contributed by atoms with E-state index in [9.17, 15) is 18.0 Å². The van der Waals surface area contributed by atoms with Crippen molar-refractivity contribution in [3.63, 3.8) is 0 Å². The lowest BCUT2D eigenvalue weighted by atomic mass is 10.0. The topological polar surface area (TPSA) is 127 Å². The summed E-state index contributed by atoms with van der Waals surface area (Å²) in [4.78, 5) is 33.3. The van der Waals surface area contributed by atoms with E-state index in [1.54, 1.807) is 30.3 Å². The minimum atomic E-state index is -3.25. The van der Waals surface area contributed by atoms with Crippen LogP contribution < -0.4 is 5.32 Å². The largest absolute Gasteiger partial charge is 0.451 e. The number of piperazine rings is 1. The van der Waals surface area contributed by atoms with Crippen LogP contribution in [0.3, 0.4) is 0 Å². The summed E-state index contributed by atoms with van der Waals surface area (Å²) in [6, 6.07) is 22.3. The summed E-state index contributed by atoms with van der Waals surface area (Å²) in [5, 5.41) is 12.8. The molecule has 1 N–H and O–H groups in total. The number of likely N-dealkylation sites (tertiary alicyclic amines) is 1. The Labute approximate surface area is 275 Å². The van der Waals surface area contributed by atoms with E-state index in [2.05, 4.69) is 21.2 Å². The number of carbonyl (C=O) groups is 2. The Morgan fingerprint density at radius 3 is 2.19 bits per heavy atom. The van der Waals surface area contributed by atoms with Gasteiger partial charge in [0.25, 0.3) is 11.8 Å². The van der Waals surface area contributed by atoms with Crippen LogP contribution in [0.2, 0.25) is 0 Å². The second-order valence-electron chi connectivity index (χ2n) is 12.6. The second kappa shape index (κ2) is 13.7. The maximum atomic E-state index is 13.4. The number of aryl methyl sites for hydroxylation is 1. The summed E-state index contributed by atoms with van der Waals surface area (Å²) < 4.78 is 29.7. The molecule has 244 valence electrons. The molecule has 1 aromatic heterocycles. The van der Waals surface area contributed by atoms with Crippen molar-refractivity contribution >= 4 is 32.6 Å². The number of nitriles is 1. The van der Waals surface area contributed by atoms with Gasteiger partial charge in [-0.1, -0.05) is 24.3 Å². The number of nitrogens with one attached hydrogen (secondary N) is 1. The van der Waals surface area contributed by atoms with Crippen molar-refractivity contribution < 1.29 is 22.4 Å². The van der Waals surface area contributed by atoms with Crippen LogP contribution in [-0.2, 0) is 22.9 Å². The predicted octanol–water partition coefficient (Wildman–Crippen LogP) is 4.37. The van der Waals surface area contributed by atoms with E-state index >= 15 is 0 Å². The average Bonchev–Trinajstić information content (AvgIpc) is 3.49. The third-order valence-corrected chi connectivity index (χ3v) is 10.4. The standard InChI is InChI=1S/C36H39N5O5S/c1-25-19-28(7-10-34(25)47(2,44)45)24-40-15-17-41(18-16-40)36(43)29-8-9-32-30(20-29)21-33(46-32)35(42)38-31-11-13-39(14-12-31)23-27-5-3-26(22-37)4-6-27/h3-10,19-21,31H,11-18,23-24H2,1-2H3,(H,38,42). The Morgan fingerprint density at radius 2 is 1.53 bits per heavy atom. The second-order valence-corrected chi connectivity index (χ2v) is 14.6. The molecule has 0 spiro atoms. The summed E-state index contributed by atoms with van der Waals surface area (Å²) >= 11 is 0. The van der Waals surface area contributed by atoms with Gasteiger partial charge in [-0.15, -0.1) is 0 Å². The third kappa shape index (κ3) is 7.73. The zero-order chi connectivity index (χ0) is 33.1. The number of rotatable bonds is 8. The normalized spacial score (nSPS) is 16.7. The van der Waals surface area contributed by atoms with E-state index in [0.29, 0.717) is 59.7 Å². The first-order chi connectivity index (χ1) is 22.6. The molecular weight excluding hydrogens is 614 g/mol. The van der Waals surface area contributed by atoms with E-state index in [0.717, 1.165) is 43.6 Å². The SMILES string of the molecule is Cc1cc(CN2CCN(C(=O)c3ccc4oc(C(=O)NC5CCN(Cc6ccc(C#N)cc6)CC5)cc4c3)CC2)ccc1S(C)(=O)=O. The van der Waals surface area contributed by atoms with Crippen LogP contribution in [0.5, 0.6) is 0 Å². The summed E-state index contributed by atoms with van der Waals surface area (Å²) in [6.45, 7) is 7.65. The van der Waals surface area contributed by atoms with E-state index in [-0.39, 0.29) is 23.6 Å². The van der Waals surface area contributed by atoms with E-state index < -0.39 is 9.84 Å². The predicted molar refractivity (Wildman–Crippen MR) is 179 cm³/mol. The molecule has 0 aliphatic carbocycles. The van der Waals surface area contributed by atoms with Crippen molar-refractivity contribution in [1.29, 1.82) is 5.26 Å². The molecular formula is C36H39N5O5S.